The van der Waals surface area contributed by atoms with E-state index in [1.165, 1.54) is 4.90 Å². The number of benzene rings is 1. The Bertz CT molecular complexity index is 829. The normalized spacial score (nSPS) is 26.4. The lowest BCUT2D eigenvalue weighted by molar-refractivity contribution is -0.137. The van der Waals surface area contributed by atoms with Gasteiger partial charge in [0.25, 0.3) is 0 Å². The molecule has 1 N–H and O–H groups in total. The maximum atomic E-state index is 14.0. The van der Waals surface area contributed by atoms with Crippen LogP contribution in [0.4, 0.5) is 27.2 Å². The molecule has 1 aliphatic carbocycles. The summed E-state index contributed by atoms with van der Waals surface area (Å²) in [4.78, 5) is 25.2. The van der Waals surface area contributed by atoms with Crippen LogP contribution in [0, 0.1) is 5.82 Å². The van der Waals surface area contributed by atoms with Crippen molar-refractivity contribution >= 4 is 12.2 Å². The average molecular weight is 418 g/mol. The standard InChI is InChI=1S/C18H18F4N2O5/c19-12-6-10(18(20,21)22)4-5-13(12)27-7-14-17(9-28-15(25)23-17)8-24(14)16(26)29-11-2-1-3-11/h4-6,11,14H,1-3,7-9H2,(H,23,25). The number of carbonyl (C=O) groups excluding carboxylic acids is 2. The zero-order valence-corrected chi connectivity index (χ0v) is 15.1. The van der Waals surface area contributed by atoms with Gasteiger partial charge < -0.3 is 19.5 Å². The van der Waals surface area contributed by atoms with Crippen LogP contribution in [0.25, 0.3) is 0 Å². The highest BCUT2D eigenvalue weighted by Gasteiger charge is 2.60. The number of likely N-dealkylation sites (tertiary alicyclic amines) is 1. The first-order valence-corrected chi connectivity index (χ1v) is 9.10. The molecular formula is C18H18F4N2O5. The predicted octanol–water partition coefficient (Wildman–Crippen LogP) is 3.08. The van der Waals surface area contributed by atoms with Crippen molar-refractivity contribution in [3.05, 3.63) is 29.6 Å². The number of hydrogen-bond donors (Lipinski definition) is 1. The summed E-state index contributed by atoms with van der Waals surface area (Å²) >= 11 is 0. The van der Waals surface area contributed by atoms with E-state index in [1.807, 2.05) is 0 Å². The molecule has 1 spiro atoms. The van der Waals surface area contributed by atoms with Gasteiger partial charge in [0.2, 0.25) is 0 Å². The lowest BCUT2D eigenvalue weighted by atomic mass is 9.81. The molecule has 2 unspecified atom stereocenters. The average Bonchev–Trinajstić information content (AvgIpc) is 3.00. The number of ether oxygens (including phenoxy) is 3. The van der Waals surface area contributed by atoms with Gasteiger partial charge in [-0.1, -0.05) is 0 Å². The summed E-state index contributed by atoms with van der Waals surface area (Å²) in [6.45, 7) is -0.137. The van der Waals surface area contributed by atoms with Crippen LogP contribution in [0.5, 0.6) is 5.75 Å². The summed E-state index contributed by atoms with van der Waals surface area (Å²) in [6, 6.07) is 1.21. The number of nitrogens with zero attached hydrogens (tertiary/aromatic N) is 1. The first-order chi connectivity index (χ1) is 13.7. The van der Waals surface area contributed by atoms with Crippen molar-refractivity contribution < 1.29 is 41.4 Å². The zero-order chi connectivity index (χ0) is 20.8. The SMILES string of the molecule is O=C1NC2(CO1)CN(C(=O)OC1CCC1)C2COc1ccc(C(F)(F)F)cc1F. The highest BCUT2D eigenvalue weighted by atomic mass is 19.4. The fourth-order valence-corrected chi connectivity index (χ4v) is 3.54. The Morgan fingerprint density at radius 1 is 1.34 bits per heavy atom. The molecule has 2 saturated heterocycles. The van der Waals surface area contributed by atoms with Gasteiger partial charge in [0.05, 0.1) is 18.2 Å². The molecule has 0 radical (unpaired) electrons. The minimum absolute atomic E-state index is 0.0113. The third kappa shape index (κ3) is 3.65. The molecule has 29 heavy (non-hydrogen) atoms. The van der Waals surface area contributed by atoms with Gasteiger partial charge in [0, 0.05) is 0 Å². The molecule has 4 rings (SSSR count). The highest BCUT2D eigenvalue weighted by Crippen LogP contribution is 2.36. The van der Waals surface area contributed by atoms with E-state index in [0.29, 0.717) is 12.1 Å². The van der Waals surface area contributed by atoms with E-state index in [1.54, 1.807) is 0 Å². The predicted molar refractivity (Wildman–Crippen MR) is 88.7 cm³/mol. The third-order valence-corrected chi connectivity index (χ3v) is 5.49. The molecule has 2 amide bonds. The molecule has 1 aromatic rings. The summed E-state index contributed by atoms with van der Waals surface area (Å²) < 4.78 is 67.7. The van der Waals surface area contributed by atoms with Crippen LogP contribution in [0.1, 0.15) is 24.8 Å². The molecule has 3 fully saturated rings. The number of rotatable bonds is 4. The molecule has 1 aromatic carbocycles. The molecule has 3 aliphatic rings. The summed E-state index contributed by atoms with van der Waals surface area (Å²) in [5.41, 5.74) is -2.04. The molecule has 7 nitrogen and oxygen atoms in total. The zero-order valence-electron chi connectivity index (χ0n) is 15.1. The smallest absolute Gasteiger partial charge is 0.416 e. The Morgan fingerprint density at radius 3 is 2.66 bits per heavy atom. The van der Waals surface area contributed by atoms with Crippen molar-refractivity contribution in [2.24, 2.45) is 0 Å². The van der Waals surface area contributed by atoms with E-state index < -0.39 is 47.1 Å². The lowest BCUT2D eigenvalue weighted by Gasteiger charge is -2.53. The molecule has 2 atom stereocenters. The molecule has 11 heteroatoms. The summed E-state index contributed by atoms with van der Waals surface area (Å²) in [5, 5.41) is 2.63. The Labute approximate surface area is 162 Å². The van der Waals surface area contributed by atoms with Crippen LogP contribution in [-0.2, 0) is 15.7 Å². The molecule has 158 valence electrons. The summed E-state index contributed by atoms with van der Waals surface area (Å²) in [6.07, 6.45) is -3.52. The van der Waals surface area contributed by atoms with Crippen molar-refractivity contribution in [3.8, 4) is 5.75 Å². The van der Waals surface area contributed by atoms with Gasteiger partial charge in [0.15, 0.2) is 11.6 Å². The minimum atomic E-state index is -4.68. The number of alkyl carbamates (subject to hydrolysis) is 1. The quantitative estimate of drug-likeness (QED) is 0.761. The van der Waals surface area contributed by atoms with E-state index in [0.717, 1.165) is 25.3 Å². The Morgan fingerprint density at radius 2 is 2.10 bits per heavy atom. The number of halogens is 4. The number of amides is 2. The topological polar surface area (TPSA) is 77.1 Å². The van der Waals surface area contributed by atoms with Gasteiger partial charge >= 0.3 is 18.4 Å². The van der Waals surface area contributed by atoms with Crippen LogP contribution < -0.4 is 10.1 Å². The van der Waals surface area contributed by atoms with Crippen molar-refractivity contribution in [2.75, 3.05) is 19.8 Å². The number of carbonyl (C=O) groups is 2. The van der Waals surface area contributed by atoms with Crippen LogP contribution in [0.15, 0.2) is 18.2 Å². The maximum Gasteiger partial charge on any atom is 0.416 e. The van der Waals surface area contributed by atoms with Crippen LogP contribution in [0.2, 0.25) is 0 Å². The second kappa shape index (κ2) is 6.96. The van der Waals surface area contributed by atoms with Crippen LogP contribution in [-0.4, -0.2) is 54.5 Å². The lowest BCUT2D eigenvalue weighted by Crippen LogP contribution is -2.78. The largest absolute Gasteiger partial charge is 0.488 e. The van der Waals surface area contributed by atoms with E-state index >= 15 is 0 Å². The highest BCUT2D eigenvalue weighted by molar-refractivity contribution is 5.75. The van der Waals surface area contributed by atoms with E-state index in [2.05, 4.69) is 5.32 Å². The van der Waals surface area contributed by atoms with Crippen molar-refractivity contribution in [2.45, 2.75) is 43.1 Å². The van der Waals surface area contributed by atoms with Crippen molar-refractivity contribution in [1.29, 1.82) is 0 Å². The van der Waals surface area contributed by atoms with Gasteiger partial charge in [-0.05, 0) is 37.5 Å². The molecular weight excluding hydrogens is 400 g/mol. The van der Waals surface area contributed by atoms with Crippen molar-refractivity contribution in [3.63, 3.8) is 0 Å². The van der Waals surface area contributed by atoms with Crippen LogP contribution >= 0.6 is 0 Å². The van der Waals surface area contributed by atoms with Gasteiger partial charge in [-0.25, -0.2) is 14.0 Å². The van der Waals surface area contributed by atoms with Crippen molar-refractivity contribution in [1.82, 2.24) is 10.2 Å². The molecule has 0 bridgehead atoms. The Balaban J connectivity index is 1.46. The first-order valence-electron chi connectivity index (χ1n) is 9.10. The minimum Gasteiger partial charge on any atom is -0.488 e. The molecule has 1 saturated carbocycles. The molecule has 2 heterocycles. The van der Waals surface area contributed by atoms with Gasteiger partial charge in [-0.15, -0.1) is 0 Å². The van der Waals surface area contributed by atoms with Gasteiger partial charge in [-0.3, -0.25) is 4.90 Å². The number of hydrogen-bond acceptors (Lipinski definition) is 5. The van der Waals surface area contributed by atoms with E-state index in [4.69, 9.17) is 14.2 Å². The Kier molecular flexibility index (Phi) is 4.70. The second-order valence-electron chi connectivity index (χ2n) is 7.39. The fraction of sp³-hybridized carbons (Fsp3) is 0.556. The Hall–Kier alpha value is -2.72. The van der Waals surface area contributed by atoms with Gasteiger partial charge in [0.1, 0.15) is 24.9 Å². The summed E-state index contributed by atoms with van der Waals surface area (Å²) in [7, 11) is 0. The maximum absolute atomic E-state index is 14.0. The summed E-state index contributed by atoms with van der Waals surface area (Å²) in [5.74, 6) is -1.57. The van der Waals surface area contributed by atoms with E-state index in [-0.39, 0.29) is 25.9 Å². The number of cyclic esters (lactones) is 1. The molecule has 0 aromatic heterocycles. The van der Waals surface area contributed by atoms with E-state index in [9.17, 15) is 27.2 Å². The monoisotopic (exact) mass is 418 g/mol. The fourth-order valence-electron chi connectivity index (χ4n) is 3.54. The second-order valence-corrected chi connectivity index (χ2v) is 7.39. The number of alkyl halides is 3. The first kappa shape index (κ1) is 19.6. The third-order valence-electron chi connectivity index (χ3n) is 5.49. The number of nitrogens with one attached hydrogen (secondary N) is 1. The van der Waals surface area contributed by atoms with Crippen LogP contribution in [0.3, 0.4) is 0 Å². The molecule has 2 aliphatic heterocycles. The van der Waals surface area contributed by atoms with Gasteiger partial charge in [-0.2, -0.15) is 13.2 Å².